The maximum absolute atomic E-state index is 11.2. The minimum absolute atomic E-state index is 0.340. The molecule has 0 atom stereocenters. The fraction of sp³-hybridized carbons (Fsp3) is 0.312. The van der Waals surface area contributed by atoms with Crippen LogP contribution in [0.25, 0.3) is 0 Å². The van der Waals surface area contributed by atoms with Gasteiger partial charge in [0.15, 0.2) is 0 Å². The molecular weight excluding hydrogens is 284 g/mol. The van der Waals surface area contributed by atoms with Crippen LogP contribution < -0.4 is 0 Å². The molecule has 5 heteroatoms. The number of rotatable bonds is 3. The molecule has 2 heterocycles. The summed E-state index contributed by atoms with van der Waals surface area (Å²) in [5.74, 6) is -0.878. The van der Waals surface area contributed by atoms with Gasteiger partial charge in [0.05, 0.1) is 0 Å². The van der Waals surface area contributed by atoms with Gasteiger partial charge in [-0.05, 0) is 42.5 Å². The van der Waals surface area contributed by atoms with Gasteiger partial charge in [0.2, 0.25) is 0 Å². The number of aromatic nitrogens is 1. The van der Waals surface area contributed by atoms with Crippen LogP contribution in [0.3, 0.4) is 0 Å². The monoisotopic (exact) mass is 302 g/mol. The molecular formula is C16H18N2O2S. The molecule has 2 aromatic rings. The van der Waals surface area contributed by atoms with Gasteiger partial charge in [0.1, 0.15) is 5.69 Å². The van der Waals surface area contributed by atoms with Crippen molar-refractivity contribution in [3.05, 3.63) is 52.8 Å². The number of hydrogen-bond donors (Lipinski definition) is 1. The highest BCUT2D eigenvalue weighted by atomic mass is 32.2. The van der Waals surface area contributed by atoms with Crippen LogP contribution in [-0.4, -0.2) is 26.5 Å². The average Bonchev–Trinajstić information content (AvgIpc) is 2.76. The first-order valence-electron chi connectivity index (χ1n) is 6.95. The summed E-state index contributed by atoms with van der Waals surface area (Å²) in [6.07, 6.45) is 1.04. The third kappa shape index (κ3) is 2.71. The van der Waals surface area contributed by atoms with Gasteiger partial charge in [-0.3, -0.25) is 0 Å². The van der Waals surface area contributed by atoms with Crippen molar-refractivity contribution in [2.24, 2.45) is 7.05 Å². The van der Waals surface area contributed by atoms with Crippen molar-refractivity contribution in [3.63, 3.8) is 0 Å². The standard InChI is InChI=1S/C16H18N2O2S/c1-11-15(9-14(16(19)20)17(11)2)21-18-8-7-12-5-3-4-6-13(12)10-18/h3-6,9H,7-8,10H2,1-2H3,(H,19,20). The number of aromatic carboxylic acids is 1. The molecule has 0 fully saturated rings. The largest absolute Gasteiger partial charge is 0.477 e. The van der Waals surface area contributed by atoms with E-state index in [1.807, 2.05) is 6.92 Å². The molecule has 110 valence electrons. The lowest BCUT2D eigenvalue weighted by molar-refractivity contribution is 0.0686. The molecule has 1 aliphatic heterocycles. The van der Waals surface area contributed by atoms with Gasteiger partial charge in [-0.2, -0.15) is 0 Å². The highest BCUT2D eigenvalue weighted by Crippen LogP contribution is 2.32. The molecule has 0 amide bonds. The van der Waals surface area contributed by atoms with E-state index < -0.39 is 5.97 Å². The number of carboxylic acids is 1. The SMILES string of the molecule is Cc1c(SN2CCc3ccccc3C2)cc(C(=O)O)n1C. The third-order valence-corrected chi connectivity index (χ3v) is 5.21. The summed E-state index contributed by atoms with van der Waals surface area (Å²) < 4.78 is 4.04. The van der Waals surface area contributed by atoms with Gasteiger partial charge in [-0.25, -0.2) is 9.10 Å². The van der Waals surface area contributed by atoms with E-state index in [0.717, 1.165) is 30.1 Å². The molecule has 0 radical (unpaired) electrons. The maximum atomic E-state index is 11.2. The Morgan fingerprint density at radius 1 is 1.29 bits per heavy atom. The van der Waals surface area contributed by atoms with Gasteiger partial charge in [-0.1, -0.05) is 24.3 Å². The predicted molar refractivity (Wildman–Crippen MR) is 83.5 cm³/mol. The van der Waals surface area contributed by atoms with E-state index in [2.05, 4.69) is 28.6 Å². The fourth-order valence-electron chi connectivity index (χ4n) is 2.66. The van der Waals surface area contributed by atoms with Crippen LogP contribution in [-0.2, 0) is 20.0 Å². The second-order valence-electron chi connectivity index (χ2n) is 5.32. The Morgan fingerprint density at radius 3 is 2.67 bits per heavy atom. The van der Waals surface area contributed by atoms with Gasteiger partial charge in [0.25, 0.3) is 0 Å². The van der Waals surface area contributed by atoms with Crippen molar-refractivity contribution < 1.29 is 9.90 Å². The molecule has 1 aliphatic rings. The Bertz CT molecular complexity index is 694. The number of carboxylic acid groups (broad SMARTS) is 1. The first-order valence-corrected chi connectivity index (χ1v) is 7.73. The quantitative estimate of drug-likeness (QED) is 0.885. The molecule has 4 nitrogen and oxygen atoms in total. The second-order valence-corrected chi connectivity index (χ2v) is 6.46. The van der Waals surface area contributed by atoms with Crippen molar-refractivity contribution in [1.29, 1.82) is 0 Å². The Labute approximate surface area is 128 Å². The molecule has 0 unspecified atom stereocenters. The van der Waals surface area contributed by atoms with E-state index in [0.29, 0.717) is 5.69 Å². The second kappa shape index (κ2) is 5.58. The first kappa shape index (κ1) is 14.2. The minimum atomic E-state index is -0.878. The van der Waals surface area contributed by atoms with Crippen molar-refractivity contribution >= 4 is 17.9 Å². The van der Waals surface area contributed by atoms with Gasteiger partial charge in [0, 0.05) is 30.7 Å². The fourth-order valence-corrected chi connectivity index (χ4v) is 3.75. The first-order chi connectivity index (χ1) is 10.1. The zero-order valence-electron chi connectivity index (χ0n) is 12.2. The van der Waals surface area contributed by atoms with E-state index >= 15 is 0 Å². The Kier molecular flexibility index (Phi) is 3.78. The third-order valence-electron chi connectivity index (χ3n) is 4.03. The smallest absolute Gasteiger partial charge is 0.352 e. The van der Waals surface area contributed by atoms with Crippen molar-refractivity contribution in [2.75, 3.05) is 6.54 Å². The van der Waals surface area contributed by atoms with Crippen molar-refractivity contribution in [2.45, 2.75) is 24.8 Å². The molecule has 0 aliphatic carbocycles. The number of fused-ring (bicyclic) bond motifs is 1. The van der Waals surface area contributed by atoms with Crippen LogP contribution in [0, 0.1) is 6.92 Å². The van der Waals surface area contributed by atoms with Crippen LogP contribution in [0.4, 0.5) is 0 Å². The normalized spacial score (nSPS) is 15.0. The summed E-state index contributed by atoms with van der Waals surface area (Å²) in [6, 6.07) is 10.3. The van der Waals surface area contributed by atoms with Crippen LogP contribution in [0.2, 0.25) is 0 Å². The van der Waals surface area contributed by atoms with E-state index in [4.69, 9.17) is 0 Å². The summed E-state index contributed by atoms with van der Waals surface area (Å²) >= 11 is 1.66. The zero-order chi connectivity index (χ0) is 15.0. The predicted octanol–water partition coefficient (Wildman–Crippen LogP) is 3.10. The molecule has 0 bridgehead atoms. The summed E-state index contributed by atoms with van der Waals surface area (Å²) in [6.45, 7) is 3.85. The lowest BCUT2D eigenvalue weighted by Crippen LogP contribution is -2.24. The lowest BCUT2D eigenvalue weighted by atomic mass is 10.0. The molecule has 21 heavy (non-hydrogen) atoms. The van der Waals surface area contributed by atoms with E-state index in [1.165, 1.54) is 11.1 Å². The molecule has 0 spiro atoms. The molecule has 1 N–H and O–H groups in total. The van der Waals surface area contributed by atoms with E-state index in [1.54, 1.807) is 29.6 Å². The molecule has 0 saturated heterocycles. The molecule has 1 aromatic carbocycles. The summed E-state index contributed by atoms with van der Waals surface area (Å²) in [5, 5.41) is 9.20. The van der Waals surface area contributed by atoms with Crippen LogP contribution in [0.15, 0.2) is 35.2 Å². The van der Waals surface area contributed by atoms with Crippen LogP contribution >= 0.6 is 11.9 Å². The van der Waals surface area contributed by atoms with Gasteiger partial charge < -0.3 is 9.67 Å². The van der Waals surface area contributed by atoms with E-state index in [9.17, 15) is 9.90 Å². The van der Waals surface area contributed by atoms with Gasteiger partial charge in [-0.15, -0.1) is 0 Å². The Hall–Kier alpha value is -1.72. The van der Waals surface area contributed by atoms with Crippen LogP contribution in [0.1, 0.15) is 27.3 Å². The van der Waals surface area contributed by atoms with Crippen molar-refractivity contribution in [1.82, 2.24) is 8.87 Å². The average molecular weight is 302 g/mol. The minimum Gasteiger partial charge on any atom is -0.477 e. The summed E-state index contributed by atoms with van der Waals surface area (Å²) in [7, 11) is 1.80. The summed E-state index contributed by atoms with van der Waals surface area (Å²) in [5.41, 5.74) is 4.12. The van der Waals surface area contributed by atoms with Crippen molar-refractivity contribution in [3.8, 4) is 0 Å². The topological polar surface area (TPSA) is 45.5 Å². The van der Waals surface area contributed by atoms with E-state index in [-0.39, 0.29) is 0 Å². The molecule has 0 saturated carbocycles. The number of carbonyl (C=O) groups is 1. The number of benzene rings is 1. The molecule has 1 aromatic heterocycles. The highest BCUT2D eigenvalue weighted by molar-refractivity contribution is 7.97. The lowest BCUT2D eigenvalue weighted by Gasteiger charge is -2.27. The van der Waals surface area contributed by atoms with Gasteiger partial charge >= 0.3 is 5.97 Å². The number of nitrogens with zero attached hydrogens (tertiary/aromatic N) is 2. The summed E-state index contributed by atoms with van der Waals surface area (Å²) in [4.78, 5) is 12.2. The Balaban J connectivity index is 1.80. The number of hydrogen-bond acceptors (Lipinski definition) is 3. The highest BCUT2D eigenvalue weighted by Gasteiger charge is 2.20. The Morgan fingerprint density at radius 2 is 2.00 bits per heavy atom. The molecule has 3 rings (SSSR count). The van der Waals surface area contributed by atoms with Crippen LogP contribution in [0.5, 0.6) is 0 Å². The zero-order valence-corrected chi connectivity index (χ0v) is 13.0. The maximum Gasteiger partial charge on any atom is 0.352 e.